The van der Waals surface area contributed by atoms with Gasteiger partial charge in [-0.1, -0.05) is 12.1 Å². The van der Waals surface area contributed by atoms with Gasteiger partial charge in [0.1, 0.15) is 0 Å². The summed E-state index contributed by atoms with van der Waals surface area (Å²) < 4.78 is 16.3. The molecule has 1 fully saturated rings. The minimum absolute atomic E-state index is 0.599. The maximum atomic E-state index is 5.88. The molecule has 0 radical (unpaired) electrons. The molecule has 1 atom stereocenters. The lowest BCUT2D eigenvalue weighted by atomic mass is 10.1. The van der Waals surface area contributed by atoms with E-state index in [9.17, 15) is 0 Å². The highest BCUT2D eigenvalue weighted by Gasteiger charge is 2.22. The Morgan fingerprint density at radius 2 is 2.00 bits per heavy atom. The zero-order chi connectivity index (χ0) is 13.5. The topological polar surface area (TPSA) is 30.9 Å². The zero-order valence-electron chi connectivity index (χ0n) is 11.8. The fourth-order valence-electron chi connectivity index (χ4n) is 2.42. The Hall–Kier alpha value is -1.26. The number of hydrogen-bond acceptors (Lipinski definition) is 4. The Labute approximate surface area is 115 Å². The normalized spacial score (nSPS) is 19.6. The predicted molar refractivity (Wildman–Crippen MR) is 74.9 cm³/mol. The van der Waals surface area contributed by atoms with Gasteiger partial charge in [-0.2, -0.15) is 0 Å². The third kappa shape index (κ3) is 4.11. The smallest absolute Gasteiger partial charge is 0.161 e. The largest absolute Gasteiger partial charge is 0.493 e. The monoisotopic (exact) mass is 265 g/mol. The van der Waals surface area contributed by atoms with Gasteiger partial charge in [0.05, 0.1) is 20.3 Å². The van der Waals surface area contributed by atoms with Gasteiger partial charge in [-0.15, -0.1) is 0 Å². The van der Waals surface area contributed by atoms with Crippen molar-refractivity contribution in [2.75, 3.05) is 47.1 Å². The molecule has 4 nitrogen and oxygen atoms in total. The highest BCUT2D eigenvalue weighted by Crippen LogP contribution is 2.27. The second-order valence-electron chi connectivity index (χ2n) is 4.91. The van der Waals surface area contributed by atoms with Crippen molar-refractivity contribution in [3.8, 4) is 11.5 Å². The van der Waals surface area contributed by atoms with Crippen LogP contribution in [0.4, 0.5) is 0 Å². The number of likely N-dealkylation sites (tertiary alicyclic amines) is 1. The number of rotatable bonds is 7. The Morgan fingerprint density at radius 3 is 2.74 bits per heavy atom. The highest BCUT2D eigenvalue weighted by atomic mass is 16.5. The number of ether oxygens (including phenoxy) is 3. The quantitative estimate of drug-likeness (QED) is 0.755. The van der Waals surface area contributed by atoms with Gasteiger partial charge in [0.2, 0.25) is 0 Å². The van der Waals surface area contributed by atoms with Gasteiger partial charge >= 0.3 is 0 Å². The van der Waals surface area contributed by atoms with Crippen LogP contribution in [-0.2, 0) is 4.74 Å². The van der Waals surface area contributed by atoms with Crippen LogP contribution in [0.5, 0.6) is 11.5 Å². The Kier molecular flexibility index (Phi) is 5.48. The molecule has 0 saturated carbocycles. The standard InChI is InChI=1S/C15H23NO3/c1-17-10-9-16-8-7-13(11-16)12-19-15-6-4-3-5-14(15)18-2/h3-6,13H,7-12H2,1-2H3. The van der Waals surface area contributed by atoms with Gasteiger partial charge in [-0.25, -0.2) is 0 Å². The summed E-state index contributed by atoms with van der Waals surface area (Å²) in [5.41, 5.74) is 0. The molecule has 1 unspecified atom stereocenters. The van der Waals surface area contributed by atoms with Crippen LogP contribution in [0.1, 0.15) is 6.42 Å². The Morgan fingerprint density at radius 1 is 1.21 bits per heavy atom. The van der Waals surface area contributed by atoms with Crippen molar-refractivity contribution in [3.63, 3.8) is 0 Å². The lowest BCUT2D eigenvalue weighted by Gasteiger charge is -2.16. The van der Waals surface area contributed by atoms with Gasteiger partial charge in [-0.3, -0.25) is 0 Å². The molecule has 1 aliphatic heterocycles. The molecule has 0 aromatic heterocycles. The maximum Gasteiger partial charge on any atom is 0.161 e. The van der Waals surface area contributed by atoms with E-state index in [0.29, 0.717) is 5.92 Å². The second kappa shape index (κ2) is 7.36. The molecule has 106 valence electrons. The summed E-state index contributed by atoms with van der Waals surface area (Å²) in [6.45, 7) is 4.81. The highest BCUT2D eigenvalue weighted by molar-refractivity contribution is 5.39. The van der Waals surface area contributed by atoms with Crippen LogP contribution in [0.25, 0.3) is 0 Å². The molecule has 0 bridgehead atoms. The first kappa shape index (κ1) is 14.2. The van der Waals surface area contributed by atoms with Gasteiger partial charge in [-0.05, 0) is 25.1 Å². The van der Waals surface area contributed by atoms with E-state index < -0.39 is 0 Å². The van der Waals surface area contributed by atoms with Crippen molar-refractivity contribution in [1.29, 1.82) is 0 Å². The summed E-state index contributed by atoms with van der Waals surface area (Å²) in [5.74, 6) is 2.24. The summed E-state index contributed by atoms with van der Waals surface area (Å²) >= 11 is 0. The van der Waals surface area contributed by atoms with Gasteiger partial charge < -0.3 is 19.1 Å². The molecular formula is C15H23NO3. The van der Waals surface area contributed by atoms with E-state index in [2.05, 4.69) is 4.90 Å². The number of nitrogens with zero attached hydrogens (tertiary/aromatic N) is 1. The average Bonchev–Trinajstić information content (AvgIpc) is 2.91. The summed E-state index contributed by atoms with van der Waals surface area (Å²) in [6, 6.07) is 7.80. The molecule has 1 aliphatic rings. The summed E-state index contributed by atoms with van der Waals surface area (Å²) in [6.07, 6.45) is 1.19. The van der Waals surface area contributed by atoms with Crippen LogP contribution in [0.15, 0.2) is 24.3 Å². The fraction of sp³-hybridized carbons (Fsp3) is 0.600. The van der Waals surface area contributed by atoms with Crippen LogP contribution >= 0.6 is 0 Å². The van der Waals surface area contributed by atoms with Crippen LogP contribution in [0, 0.1) is 5.92 Å². The van der Waals surface area contributed by atoms with Crippen LogP contribution < -0.4 is 9.47 Å². The van der Waals surface area contributed by atoms with E-state index in [-0.39, 0.29) is 0 Å². The Balaban J connectivity index is 1.77. The van der Waals surface area contributed by atoms with E-state index in [1.165, 1.54) is 6.42 Å². The second-order valence-corrected chi connectivity index (χ2v) is 4.91. The first-order chi connectivity index (χ1) is 9.33. The van der Waals surface area contributed by atoms with Crippen molar-refractivity contribution in [1.82, 2.24) is 4.90 Å². The van der Waals surface area contributed by atoms with Crippen molar-refractivity contribution >= 4 is 0 Å². The molecule has 0 spiro atoms. The molecule has 19 heavy (non-hydrogen) atoms. The Bertz CT molecular complexity index is 383. The van der Waals surface area contributed by atoms with Crippen molar-refractivity contribution in [3.05, 3.63) is 24.3 Å². The van der Waals surface area contributed by atoms with E-state index in [1.54, 1.807) is 14.2 Å². The molecule has 0 N–H and O–H groups in total. The molecule has 0 aliphatic carbocycles. The number of para-hydroxylation sites is 2. The van der Waals surface area contributed by atoms with Crippen molar-refractivity contribution < 1.29 is 14.2 Å². The number of hydrogen-bond donors (Lipinski definition) is 0. The van der Waals surface area contributed by atoms with Gasteiger partial charge in [0.25, 0.3) is 0 Å². The lowest BCUT2D eigenvalue weighted by Crippen LogP contribution is -2.26. The van der Waals surface area contributed by atoms with Gasteiger partial charge in [0, 0.05) is 26.1 Å². The van der Waals surface area contributed by atoms with Crippen LogP contribution in [0.2, 0.25) is 0 Å². The molecule has 1 aromatic rings. The molecule has 2 rings (SSSR count). The van der Waals surface area contributed by atoms with E-state index >= 15 is 0 Å². The first-order valence-electron chi connectivity index (χ1n) is 6.80. The van der Waals surface area contributed by atoms with E-state index in [0.717, 1.165) is 44.3 Å². The molecule has 4 heteroatoms. The fourth-order valence-corrected chi connectivity index (χ4v) is 2.42. The van der Waals surface area contributed by atoms with Crippen molar-refractivity contribution in [2.24, 2.45) is 5.92 Å². The molecule has 1 saturated heterocycles. The van der Waals surface area contributed by atoms with Gasteiger partial charge in [0.15, 0.2) is 11.5 Å². The van der Waals surface area contributed by atoms with Crippen LogP contribution in [-0.4, -0.2) is 52.0 Å². The lowest BCUT2D eigenvalue weighted by molar-refractivity contribution is 0.155. The summed E-state index contributed by atoms with van der Waals surface area (Å²) in [7, 11) is 3.42. The van der Waals surface area contributed by atoms with E-state index in [4.69, 9.17) is 14.2 Å². The van der Waals surface area contributed by atoms with Crippen molar-refractivity contribution in [2.45, 2.75) is 6.42 Å². The average molecular weight is 265 g/mol. The van der Waals surface area contributed by atoms with Crippen LogP contribution in [0.3, 0.4) is 0 Å². The maximum absolute atomic E-state index is 5.88. The summed E-state index contributed by atoms with van der Waals surface area (Å²) in [5, 5.41) is 0. The minimum atomic E-state index is 0.599. The predicted octanol–water partition coefficient (Wildman–Crippen LogP) is 2.04. The summed E-state index contributed by atoms with van der Waals surface area (Å²) in [4.78, 5) is 2.43. The third-order valence-corrected chi connectivity index (χ3v) is 3.53. The third-order valence-electron chi connectivity index (χ3n) is 3.53. The zero-order valence-corrected chi connectivity index (χ0v) is 11.8. The number of methoxy groups -OCH3 is 2. The van der Waals surface area contributed by atoms with E-state index in [1.807, 2.05) is 24.3 Å². The number of benzene rings is 1. The molecular weight excluding hydrogens is 242 g/mol. The SMILES string of the molecule is COCCN1CCC(COc2ccccc2OC)C1. The molecule has 1 heterocycles. The molecule has 0 amide bonds. The first-order valence-corrected chi connectivity index (χ1v) is 6.80. The minimum Gasteiger partial charge on any atom is -0.493 e. The molecule has 1 aromatic carbocycles.